The van der Waals surface area contributed by atoms with E-state index in [1.165, 1.54) is 7.11 Å². The number of nitrogens with one attached hydrogen (secondary N) is 1. The number of esters is 1. The van der Waals surface area contributed by atoms with E-state index in [9.17, 15) is 4.79 Å². The van der Waals surface area contributed by atoms with Gasteiger partial charge in [-0.1, -0.05) is 24.3 Å². The Morgan fingerprint density at radius 2 is 2.00 bits per heavy atom. The number of carbonyl (C=O) groups is 1. The summed E-state index contributed by atoms with van der Waals surface area (Å²) in [6.45, 7) is 2.49. The number of carbonyl (C=O) groups excluding carboxylic acids is 1. The second-order valence-electron chi connectivity index (χ2n) is 6.84. The molecule has 0 radical (unpaired) electrons. The summed E-state index contributed by atoms with van der Waals surface area (Å²) in [5.41, 5.74) is 3.74. The number of rotatable bonds is 9. The summed E-state index contributed by atoms with van der Waals surface area (Å²) in [4.78, 5) is 11.5. The number of hydrogen-bond donors (Lipinski definition) is 1. The smallest absolute Gasteiger partial charge is 0.373 e. The Morgan fingerprint density at radius 3 is 2.85 bits per heavy atom. The topological polar surface area (TPSA) is 108 Å². The molecule has 0 saturated carbocycles. The molecule has 4 aromatic rings. The van der Waals surface area contributed by atoms with Crippen LogP contribution in [0.25, 0.3) is 10.8 Å². The Morgan fingerprint density at radius 1 is 1.12 bits per heavy atom. The second kappa shape index (κ2) is 10.3. The van der Waals surface area contributed by atoms with Gasteiger partial charge in [-0.05, 0) is 42.8 Å². The third-order valence-electron chi connectivity index (χ3n) is 4.64. The van der Waals surface area contributed by atoms with E-state index < -0.39 is 5.97 Å². The molecule has 2 heterocycles. The van der Waals surface area contributed by atoms with Crippen molar-refractivity contribution in [3.8, 4) is 11.5 Å². The summed E-state index contributed by atoms with van der Waals surface area (Å²) in [5, 5.41) is 14.3. The largest absolute Gasteiger partial charge is 0.490 e. The van der Waals surface area contributed by atoms with Crippen LogP contribution in [-0.4, -0.2) is 36.1 Å². The number of furan rings is 1. The number of fused-ring (bicyclic) bond motifs is 1. The average Bonchev–Trinajstić information content (AvgIpc) is 3.32. The van der Waals surface area contributed by atoms with E-state index in [4.69, 9.17) is 13.9 Å². The first kappa shape index (κ1) is 21.8. The van der Waals surface area contributed by atoms with Gasteiger partial charge in [-0.15, -0.1) is 5.10 Å². The van der Waals surface area contributed by atoms with Crippen LogP contribution in [0.5, 0.6) is 11.5 Å². The van der Waals surface area contributed by atoms with Gasteiger partial charge in [0, 0.05) is 10.8 Å². The maximum atomic E-state index is 11.5. The van der Waals surface area contributed by atoms with E-state index in [-0.39, 0.29) is 12.4 Å². The molecule has 1 N–H and O–H groups in total. The highest BCUT2D eigenvalue weighted by Gasteiger charge is 2.13. The summed E-state index contributed by atoms with van der Waals surface area (Å²) in [7, 11) is 1.30. The van der Waals surface area contributed by atoms with Gasteiger partial charge in [0.2, 0.25) is 5.76 Å². The Bertz CT molecular complexity index is 1280. The van der Waals surface area contributed by atoms with Gasteiger partial charge in [0.05, 0.1) is 26.1 Å². The van der Waals surface area contributed by atoms with Crippen molar-refractivity contribution in [1.29, 1.82) is 0 Å². The highest BCUT2D eigenvalue weighted by Crippen LogP contribution is 2.29. The molecular formula is C24H22N4O5. The van der Waals surface area contributed by atoms with Gasteiger partial charge in [0.15, 0.2) is 17.3 Å². The lowest BCUT2D eigenvalue weighted by molar-refractivity contribution is 0.0561. The minimum Gasteiger partial charge on any atom is -0.490 e. The van der Waals surface area contributed by atoms with Crippen LogP contribution < -0.4 is 14.9 Å². The lowest BCUT2D eigenvalue weighted by Gasteiger charge is -2.11. The predicted molar refractivity (Wildman–Crippen MR) is 123 cm³/mol. The zero-order valence-electron chi connectivity index (χ0n) is 18.1. The first-order valence-corrected chi connectivity index (χ1v) is 10.2. The number of nitrogens with zero attached hydrogens (tertiary/aromatic N) is 3. The maximum Gasteiger partial charge on any atom is 0.373 e. The number of hydrazone groups is 1. The lowest BCUT2D eigenvalue weighted by atomic mass is 10.2. The quantitative estimate of drug-likeness (QED) is 0.228. The van der Waals surface area contributed by atoms with Gasteiger partial charge in [-0.25, -0.2) is 4.79 Å². The average molecular weight is 446 g/mol. The minimum absolute atomic E-state index is 0.121. The minimum atomic E-state index is -0.539. The molecule has 9 nitrogen and oxygen atoms in total. The van der Waals surface area contributed by atoms with Crippen molar-refractivity contribution in [2.24, 2.45) is 5.10 Å². The molecule has 4 rings (SSSR count). The summed E-state index contributed by atoms with van der Waals surface area (Å²) >= 11 is 0. The van der Waals surface area contributed by atoms with Crippen molar-refractivity contribution in [1.82, 2.24) is 10.2 Å². The molecule has 0 aliphatic heterocycles. The maximum absolute atomic E-state index is 11.5. The highest BCUT2D eigenvalue weighted by molar-refractivity contribution is 5.91. The van der Waals surface area contributed by atoms with Gasteiger partial charge in [-0.2, -0.15) is 10.2 Å². The summed E-state index contributed by atoms with van der Waals surface area (Å²) < 4.78 is 21.6. The molecule has 2 aromatic carbocycles. The van der Waals surface area contributed by atoms with Gasteiger partial charge in [-0.3, -0.25) is 5.43 Å². The van der Waals surface area contributed by atoms with Crippen molar-refractivity contribution in [3.05, 3.63) is 77.9 Å². The Labute approximate surface area is 190 Å². The molecule has 9 heteroatoms. The number of benzene rings is 2. The Kier molecular flexibility index (Phi) is 6.79. The van der Waals surface area contributed by atoms with Crippen molar-refractivity contribution >= 4 is 28.8 Å². The molecule has 0 unspecified atom stereocenters. The zero-order valence-corrected chi connectivity index (χ0v) is 18.1. The normalized spacial score (nSPS) is 11.0. The van der Waals surface area contributed by atoms with E-state index in [0.29, 0.717) is 29.7 Å². The third-order valence-corrected chi connectivity index (χ3v) is 4.64. The highest BCUT2D eigenvalue weighted by atomic mass is 16.5. The van der Waals surface area contributed by atoms with Crippen molar-refractivity contribution in [2.75, 3.05) is 19.1 Å². The fraction of sp³-hybridized carbons (Fsp3) is 0.167. The number of ether oxygens (including phenoxy) is 3. The predicted octanol–water partition coefficient (Wildman–Crippen LogP) is 4.43. The molecule has 2 aromatic heterocycles. The summed E-state index contributed by atoms with van der Waals surface area (Å²) in [5.74, 6) is 1.74. The van der Waals surface area contributed by atoms with Gasteiger partial charge >= 0.3 is 5.97 Å². The van der Waals surface area contributed by atoms with E-state index >= 15 is 0 Å². The summed E-state index contributed by atoms with van der Waals surface area (Å²) in [6, 6.07) is 16.5. The Hall–Kier alpha value is -4.40. The van der Waals surface area contributed by atoms with E-state index in [2.05, 4.69) is 25.5 Å². The second-order valence-corrected chi connectivity index (χ2v) is 6.84. The number of aromatic nitrogens is 2. The van der Waals surface area contributed by atoms with Gasteiger partial charge < -0.3 is 18.6 Å². The van der Waals surface area contributed by atoms with E-state index in [1.807, 2.05) is 43.3 Å². The van der Waals surface area contributed by atoms with Gasteiger partial charge in [0.25, 0.3) is 0 Å². The van der Waals surface area contributed by atoms with Crippen LogP contribution in [0.1, 0.15) is 28.8 Å². The first-order chi connectivity index (χ1) is 16.2. The molecule has 0 atom stereocenters. The van der Waals surface area contributed by atoms with Crippen LogP contribution in [0, 0.1) is 0 Å². The fourth-order valence-corrected chi connectivity index (χ4v) is 3.09. The SMILES string of the molecule is CCOc1cc(C=NNc2nncc3ccccc23)ccc1OCc1ccc(C(=O)OC)o1. The van der Waals surface area contributed by atoms with E-state index in [1.54, 1.807) is 30.6 Å². The molecule has 0 fully saturated rings. The van der Waals surface area contributed by atoms with Crippen molar-refractivity contribution in [3.63, 3.8) is 0 Å². The number of hydrogen-bond acceptors (Lipinski definition) is 9. The monoisotopic (exact) mass is 446 g/mol. The molecule has 0 aliphatic carbocycles. The zero-order chi connectivity index (χ0) is 23.0. The standard InChI is InChI=1S/C24H22N4O5/c1-3-31-22-12-16(13-25-27-23-19-7-5-4-6-17(19)14-26-28-23)8-10-20(22)32-15-18-9-11-21(33-18)24(29)30-2/h4-14H,3,15H2,1-2H3,(H,27,28). The van der Waals surface area contributed by atoms with Crippen LogP contribution in [-0.2, 0) is 11.3 Å². The molecule has 168 valence electrons. The molecular weight excluding hydrogens is 424 g/mol. The van der Waals surface area contributed by atoms with Crippen LogP contribution in [0.3, 0.4) is 0 Å². The molecule has 33 heavy (non-hydrogen) atoms. The van der Waals surface area contributed by atoms with Crippen LogP contribution in [0.15, 0.2) is 70.3 Å². The van der Waals surface area contributed by atoms with E-state index in [0.717, 1.165) is 16.3 Å². The van der Waals surface area contributed by atoms with Crippen molar-refractivity contribution in [2.45, 2.75) is 13.5 Å². The molecule has 0 spiro atoms. The summed E-state index contributed by atoms with van der Waals surface area (Å²) in [6.07, 6.45) is 3.36. The first-order valence-electron chi connectivity index (χ1n) is 10.2. The third kappa shape index (κ3) is 5.27. The fourth-order valence-electron chi connectivity index (χ4n) is 3.09. The van der Waals surface area contributed by atoms with Crippen LogP contribution >= 0.6 is 0 Å². The number of anilines is 1. The molecule has 0 aliphatic rings. The van der Waals surface area contributed by atoms with Gasteiger partial charge in [0.1, 0.15) is 12.4 Å². The molecule has 0 amide bonds. The Balaban J connectivity index is 1.45. The molecule has 0 bridgehead atoms. The molecule has 0 saturated heterocycles. The van der Waals surface area contributed by atoms with Crippen LogP contribution in [0.4, 0.5) is 5.82 Å². The lowest BCUT2D eigenvalue weighted by Crippen LogP contribution is -2.01. The van der Waals surface area contributed by atoms with Crippen LogP contribution in [0.2, 0.25) is 0 Å². The van der Waals surface area contributed by atoms with Crippen molar-refractivity contribution < 1.29 is 23.4 Å². The number of methoxy groups -OCH3 is 1.